The van der Waals surface area contributed by atoms with E-state index in [1.807, 2.05) is 0 Å². The summed E-state index contributed by atoms with van der Waals surface area (Å²) in [5.41, 5.74) is 10.8. The van der Waals surface area contributed by atoms with E-state index < -0.39 is 5.54 Å². The number of nitrogens with two attached hydrogens (primary N) is 2. The summed E-state index contributed by atoms with van der Waals surface area (Å²) in [4.78, 5) is 14.0. The molecule has 1 aliphatic heterocycles. The molecule has 2 fully saturated rings. The molecule has 2 atom stereocenters. The molecule has 2 unspecified atom stereocenters. The highest BCUT2D eigenvalue weighted by Gasteiger charge is 2.39. The average Bonchev–Trinajstić information content (AvgIpc) is 2.57. The molecule has 1 amide bonds. The molecule has 17 heavy (non-hydrogen) atoms. The lowest BCUT2D eigenvalue weighted by Crippen LogP contribution is -2.58. The molecule has 4 heteroatoms. The van der Waals surface area contributed by atoms with Crippen LogP contribution < -0.4 is 11.5 Å². The Morgan fingerprint density at radius 3 is 2.35 bits per heavy atom. The third-order valence-electron chi connectivity index (χ3n) is 4.41. The molecule has 0 aromatic carbocycles. The molecular weight excluding hydrogens is 214 g/mol. The second-order valence-electron chi connectivity index (χ2n) is 5.72. The van der Waals surface area contributed by atoms with Crippen molar-refractivity contribution < 1.29 is 4.79 Å². The number of hydrogen-bond acceptors (Lipinski definition) is 3. The molecule has 4 N–H and O–H groups in total. The number of carbonyl (C=O) groups is 1. The maximum Gasteiger partial charge on any atom is 0.237 e. The largest absolute Gasteiger partial charge is 0.368 e. The van der Waals surface area contributed by atoms with Crippen molar-refractivity contribution in [2.24, 2.45) is 11.5 Å². The zero-order valence-corrected chi connectivity index (χ0v) is 10.7. The van der Waals surface area contributed by atoms with E-state index in [4.69, 9.17) is 11.5 Å². The van der Waals surface area contributed by atoms with E-state index in [9.17, 15) is 4.79 Å². The van der Waals surface area contributed by atoms with Crippen molar-refractivity contribution in [1.82, 2.24) is 4.90 Å². The van der Waals surface area contributed by atoms with Gasteiger partial charge in [-0.2, -0.15) is 0 Å². The minimum atomic E-state index is -0.755. The maximum atomic E-state index is 11.5. The van der Waals surface area contributed by atoms with Gasteiger partial charge in [-0.25, -0.2) is 0 Å². The predicted molar refractivity (Wildman–Crippen MR) is 68.4 cm³/mol. The summed E-state index contributed by atoms with van der Waals surface area (Å²) < 4.78 is 0. The van der Waals surface area contributed by atoms with E-state index in [2.05, 4.69) is 4.90 Å². The average molecular weight is 239 g/mol. The third kappa shape index (κ3) is 2.99. The lowest BCUT2D eigenvalue weighted by atomic mass is 9.78. The Labute approximate surface area is 104 Å². The van der Waals surface area contributed by atoms with Gasteiger partial charge in [-0.05, 0) is 51.6 Å². The minimum absolute atomic E-state index is 0.322. The Morgan fingerprint density at radius 2 is 1.76 bits per heavy atom. The third-order valence-corrected chi connectivity index (χ3v) is 4.41. The fraction of sp³-hybridized carbons (Fsp3) is 0.923. The van der Waals surface area contributed by atoms with Crippen LogP contribution in [-0.2, 0) is 4.79 Å². The fourth-order valence-electron chi connectivity index (χ4n) is 3.27. The maximum absolute atomic E-state index is 11.5. The van der Waals surface area contributed by atoms with Crippen LogP contribution in [0.3, 0.4) is 0 Å². The molecule has 0 aromatic rings. The van der Waals surface area contributed by atoms with E-state index in [0.29, 0.717) is 6.04 Å². The summed E-state index contributed by atoms with van der Waals surface area (Å²) in [6.07, 6.45) is 8.96. The number of likely N-dealkylation sites (tertiary alicyclic amines) is 1. The van der Waals surface area contributed by atoms with Gasteiger partial charge in [0, 0.05) is 6.04 Å². The van der Waals surface area contributed by atoms with Crippen molar-refractivity contribution in [3.8, 4) is 0 Å². The molecular formula is C13H25N3O. The second kappa shape index (κ2) is 5.36. The van der Waals surface area contributed by atoms with Crippen molar-refractivity contribution in [3.05, 3.63) is 0 Å². The van der Waals surface area contributed by atoms with E-state index >= 15 is 0 Å². The van der Waals surface area contributed by atoms with Gasteiger partial charge in [0.05, 0.1) is 5.54 Å². The van der Waals surface area contributed by atoms with Crippen LogP contribution in [0.4, 0.5) is 0 Å². The quantitative estimate of drug-likeness (QED) is 0.754. The van der Waals surface area contributed by atoms with E-state index in [1.165, 1.54) is 45.2 Å². The molecule has 1 saturated heterocycles. The van der Waals surface area contributed by atoms with Gasteiger partial charge in [-0.3, -0.25) is 4.79 Å². The Morgan fingerprint density at radius 1 is 1.12 bits per heavy atom. The van der Waals surface area contributed by atoms with Crippen LogP contribution in [0, 0.1) is 0 Å². The molecule has 1 aliphatic carbocycles. The molecule has 2 rings (SSSR count). The van der Waals surface area contributed by atoms with Gasteiger partial charge < -0.3 is 16.4 Å². The summed E-state index contributed by atoms with van der Waals surface area (Å²) in [5.74, 6) is -0.322. The minimum Gasteiger partial charge on any atom is -0.368 e. The van der Waals surface area contributed by atoms with Crippen LogP contribution in [0.15, 0.2) is 0 Å². The molecule has 0 bridgehead atoms. The monoisotopic (exact) mass is 239 g/mol. The van der Waals surface area contributed by atoms with E-state index in [-0.39, 0.29) is 5.91 Å². The van der Waals surface area contributed by atoms with Gasteiger partial charge >= 0.3 is 0 Å². The van der Waals surface area contributed by atoms with Crippen molar-refractivity contribution in [1.29, 1.82) is 0 Å². The van der Waals surface area contributed by atoms with Gasteiger partial charge in [-0.15, -0.1) is 0 Å². The standard InChI is InChI=1S/C13H25N3O/c14-12(17)13(15)7-5-6-11(10-13)16-8-3-1-2-4-9-16/h11H,1-10,15H2,(H2,14,17). The van der Waals surface area contributed by atoms with Gasteiger partial charge in [0.2, 0.25) is 5.91 Å². The number of amides is 1. The molecule has 0 aromatic heterocycles. The predicted octanol–water partition coefficient (Wildman–Crippen LogP) is 0.988. The van der Waals surface area contributed by atoms with Crippen LogP contribution in [0.2, 0.25) is 0 Å². The zero-order chi connectivity index (χ0) is 12.3. The first-order valence-corrected chi connectivity index (χ1v) is 6.95. The summed E-state index contributed by atoms with van der Waals surface area (Å²) in [6.45, 7) is 2.33. The first kappa shape index (κ1) is 12.8. The molecule has 2 aliphatic rings. The molecule has 1 saturated carbocycles. The van der Waals surface area contributed by atoms with Crippen LogP contribution in [-0.4, -0.2) is 35.5 Å². The lowest BCUT2D eigenvalue weighted by molar-refractivity contribution is -0.125. The SMILES string of the molecule is NC(=O)C1(N)CCCC(N2CCCCCC2)C1. The normalized spacial score (nSPS) is 36.4. The topological polar surface area (TPSA) is 72.3 Å². The van der Waals surface area contributed by atoms with Crippen LogP contribution >= 0.6 is 0 Å². The van der Waals surface area contributed by atoms with E-state index in [1.54, 1.807) is 0 Å². The molecule has 0 radical (unpaired) electrons. The Kier molecular flexibility index (Phi) is 4.05. The zero-order valence-electron chi connectivity index (χ0n) is 10.7. The number of nitrogens with zero attached hydrogens (tertiary/aromatic N) is 1. The Bertz CT molecular complexity index is 274. The summed E-state index contributed by atoms with van der Waals surface area (Å²) >= 11 is 0. The van der Waals surface area contributed by atoms with Crippen molar-refractivity contribution in [2.45, 2.75) is 62.9 Å². The molecule has 1 heterocycles. The van der Waals surface area contributed by atoms with E-state index in [0.717, 1.165) is 19.3 Å². The van der Waals surface area contributed by atoms with Crippen LogP contribution in [0.5, 0.6) is 0 Å². The van der Waals surface area contributed by atoms with Gasteiger partial charge in [-0.1, -0.05) is 12.8 Å². The Hall–Kier alpha value is -0.610. The first-order valence-electron chi connectivity index (χ1n) is 6.95. The van der Waals surface area contributed by atoms with Crippen molar-refractivity contribution in [3.63, 3.8) is 0 Å². The van der Waals surface area contributed by atoms with Crippen molar-refractivity contribution >= 4 is 5.91 Å². The summed E-state index contributed by atoms with van der Waals surface area (Å²) in [5, 5.41) is 0. The fourth-order valence-corrected chi connectivity index (χ4v) is 3.27. The van der Waals surface area contributed by atoms with Crippen LogP contribution in [0.25, 0.3) is 0 Å². The number of primary amides is 1. The number of carbonyl (C=O) groups excluding carboxylic acids is 1. The highest BCUT2D eigenvalue weighted by Crippen LogP contribution is 2.30. The van der Waals surface area contributed by atoms with Crippen molar-refractivity contribution in [2.75, 3.05) is 13.1 Å². The van der Waals surface area contributed by atoms with Crippen LogP contribution in [0.1, 0.15) is 51.4 Å². The molecule has 98 valence electrons. The first-order chi connectivity index (χ1) is 8.12. The van der Waals surface area contributed by atoms with Gasteiger partial charge in [0.25, 0.3) is 0 Å². The number of rotatable bonds is 2. The van der Waals surface area contributed by atoms with Gasteiger partial charge in [0.1, 0.15) is 0 Å². The molecule has 4 nitrogen and oxygen atoms in total. The Balaban J connectivity index is 1.98. The highest BCUT2D eigenvalue weighted by molar-refractivity contribution is 5.84. The molecule has 0 spiro atoms. The number of hydrogen-bond donors (Lipinski definition) is 2. The van der Waals surface area contributed by atoms with Gasteiger partial charge in [0.15, 0.2) is 0 Å². The smallest absolute Gasteiger partial charge is 0.237 e. The highest BCUT2D eigenvalue weighted by atomic mass is 16.1. The summed E-state index contributed by atoms with van der Waals surface area (Å²) in [7, 11) is 0. The lowest BCUT2D eigenvalue weighted by Gasteiger charge is -2.40. The summed E-state index contributed by atoms with van der Waals surface area (Å²) in [6, 6.07) is 0.472. The second-order valence-corrected chi connectivity index (χ2v) is 5.72.